The van der Waals surface area contributed by atoms with Gasteiger partial charge in [0.1, 0.15) is 0 Å². The molecule has 4 nitrogen and oxygen atoms in total. The largest absolute Gasteiger partial charge is 0.392 e. The molecule has 15 heavy (non-hydrogen) atoms. The van der Waals surface area contributed by atoms with E-state index in [1.165, 1.54) is 0 Å². The minimum atomic E-state index is -0.217. The number of carbonyl (C=O) groups is 1. The van der Waals surface area contributed by atoms with Crippen molar-refractivity contribution in [3.8, 4) is 0 Å². The number of aliphatic hydroxyl groups excluding tert-OH is 1. The van der Waals surface area contributed by atoms with E-state index in [1.54, 1.807) is 0 Å². The molecule has 1 saturated carbocycles. The van der Waals surface area contributed by atoms with Crippen LogP contribution in [0.15, 0.2) is 0 Å². The van der Waals surface area contributed by atoms with E-state index < -0.39 is 0 Å². The molecule has 1 spiro atoms. The highest BCUT2D eigenvalue weighted by Crippen LogP contribution is 2.44. The standard InChI is InChI=1S/C11H20N2O2/c12-7-10(15)13-6-2-5-11(8-13)4-1-3-9(11)14/h9,14H,1-8,12H2/t9-,11-/m1/s1. The Kier molecular flexibility index (Phi) is 2.98. The fourth-order valence-corrected chi connectivity index (χ4v) is 3.10. The van der Waals surface area contributed by atoms with Crippen LogP contribution in [-0.4, -0.2) is 41.7 Å². The number of aliphatic hydroxyl groups is 1. The molecule has 3 N–H and O–H groups in total. The molecule has 2 aliphatic rings. The van der Waals surface area contributed by atoms with Gasteiger partial charge in [-0.1, -0.05) is 6.42 Å². The van der Waals surface area contributed by atoms with Crippen molar-refractivity contribution in [2.45, 2.75) is 38.2 Å². The molecule has 1 aliphatic carbocycles. The van der Waals surface area contributed by atoms with E-state index in [-0.39, 0.29) is 24.0 Å². The molecular formula is C11H20N2O2. The van der Waals surface area contributed by atoms with Gasteiger partial charge in [0.25, 0.3) is 0 Å². The van der Waals surface area contributed by atoms with Gasteiger partial charge in [-0.05, 0) is 25.7 Å². The molecule has 2 fully saturated rings. The molecule has 0 radical (unpaired) electrons. The molecule has 86 valence electrons. The van der Waals surface area contributed by atoms with Gasteiger partial charge in [0.05, 0.1) is 12.6 Å². The van der Waals surface area contributed by atoms with Crippen LogP contribution < -0.4 is 5.73 Å². The summed E-state index contributed by atoms with van der Waals surface area (Å²) in [7, 11) is 0. The van der Waals surface area contributed by atoms with Crippen molar-refractivity contribution in [1.82, 2.24) is 4.90 Å². The minimum Gasteiger partial charge on any atom is -0.392 e. The highest BCUT2D eigenvalue weighted by atomic mass is 16.3. The van der Waals surface area contributed by atoms with E-state index in [0.29, 0.717) is 6.54 Å². The Bertz CT molecular complexity index is 257. The predicted octanol–water partition coefficient (Wildman–Crippen LogP) is 0.0987. The van der Waals surface area contributed by atoms with Crippen LogP contribution in [0.1, 0.15) is 32.1 Å². The van der Waals surface area contributed by atoms with E-state index in [2.05, 4.69) is 0 Å². The second-order valence-corrected chi connectivity index (χ2v) is 4.89. The first-order valence-corrected chi connectivity index (χ1v) is 5.84. The average molecular weight is 212 g/mol. The summed E-state index contributed by atoms with van der Waals surface area (Å²) in [5, 5.41) is 10.0. The number of amides is 1. The summed E-state index contributed by atoms with van der Waals surface area (Å²) in [5.41, 5.74) is 5.36. The van der Waals surface area contributed by atoms with Crippen molar-refractivity contribution >= 4 is 5.91 Å². The quantitative estimate of drug-likeness (QED) is 0.648. The molecule has 2 atom stereocenters. The number of nitrogens with zero attached hydrogens (tertiary/aromatic N) is 1. The van der Waals surface area contributed by atoms with Crippen LogP contribution in [0, 0.1) is 5.41 Å². The average Bonchev–Trinajstić information content (AvgIpc) is 2.59. The monoisotopic (exact) mass is 212 g/mol. The zero-order valence-electron chi connectivity index (χ0n) is 9.11. The van der Waals surface area contributed by atoms with Crippen molar-refractivity contribution in [3.05, 3.63) is 0 Å². The molecule has 0 unspecified atom stereocenters. The molecule has 2 rings (SSSR count). The first-order chi connectivity index (χ1) is 7.18. The fraction of sp³-hybridized carbons (Fsp3) is 0.909. The summed E-state index contributed by atoms with van der Waals surface area (Å²) < 4.78 is 0. The van der Waals surface area contributed by atoms with Gasteiger partial charge in [0.15, 0.2) is 0 Å². The molecular weight excluding hydrogens is 192 g/mol. The molecule has 1 heterocycles. The van der Waals surface area contributed by atoms with E-state index in [1.807, 2.05) is 4.90 Å². The summed E-state index contributed by atoms with van der Waals surface area (Å²) in [6.45, 7) is 1.61. The van der Waals surface area contributed by atoms with Crippen LogP contribution in [0.3, 0.4) is 0 Å². The van der Waals surface area contributed by atoms with Crippen molar-refractivity contribution in [2.75, 3.05) is 19.6 Å². The Balaban J connectivity index is 2.06. The number of carbonyl (C=O) groups excluding carboxylic acids is 1. The van der Waals surface area contributed by atoms with Gasteiger partial charge >= 0.3 is 0 Å². The smallest absolute Gasteiger partial charge is 0.236 e. The predicted molar refractivity (Wildman–Crippen MR) is 57.2 cm³/mol. The van der Waals surface area contributed by atoms with E-state index in [4.69, 9.17) is 5.73 Å². The maximum atomic E-state index is 11.5. The Labute approximate surface area is 90.4 Å². The lowest BCUT2D eigenvalue weighted by Gasteiger charge is -2.42. The Hall–Kier alpha value is -0.610. The van der Waals surface area contributed by atoms with Crippen LogP contribution >= 0.6 is 0 Å². The van der Waals surface area contributed by atoms with Crippen LogP contribution in [0.2, 0.25) is 0 Å². The second kappa shape index (κ2) is 4.10. The zero-order chi connectivity index (χ0) is 10.9. The number of rotatable bonds is 1. The molecule has 0 aromatic carbocycles. The van der Waals surface area contributed by atoms with Gasteiger partial charge < -0.3 is 15.7 Å². The Morgan fingerprint density at radius 1 is 1.47 bits per heavy atom. The maximum Gasteiger partial charge on any atom is 0.236 e. The number of hydrogen-bond donors (Lipinski definition) is 2. The lowest BCUT2D eigenvalue weighted by Crippen LogP contribution is -2.50. The van der Waals surface area contributed by atoms with Crippen LogP contribution in [0.25, 0.3) is 0 Å². The summed E-state index contributed by atoms with van der Waals surface area (Å²) in [6.07, 6.45) is 4.88. The SMILES string of the molecule is NCC(=O)N1CCC[C@]2(CCC[C@H]2O)C1. The third-order valence-corrected chi connectivity index (χ3v) is 3.99. The lowest BCUT2D eigenvalue weighted by atomic mass is 9.76. The first kappa shape index (κ1) is 10.9. The minimum absolute atomic E-state index is 0.0108. The van der Waals surface area contributed by atoms with E-state index in [9.17, 15) is 9.90 Å². The third kappa shape index (κ3) is 1.88. The molecule has 1 aliphatic heterocycles. The van der Waals surface area contributed by atoms with Crippen molar-refractivity contribution in [3.63, 3.8) is 0 Å². The second-order valence-electron chi connectivity index (χ2n) is 4.89. The van der Waals surface area contributed by atoms with Gasteiger partial charge in [0, 0.05) is 18.5 Å². The molecule has 0 bridgehead atoms. The molecule has 1 saturated heterocycles. The van der Waals surface area contributed by atoms with Gasteiger partial charge in [-0.2, -0.15) is 0 Å². The van der Waals surface area contributed by atoms with E-state index >= 15 is 0 Å². The fourth-order valence-electron chi connectivity index (χ4n) is 3.10. The normalized spacial score (nSPS) is 36.1. The molecule has 0 aromatic heterocycles. The van der Waals surface area contributed by atoms with Gasteiger partial charge in [-0.3, -0.25) is 4.79 Å². The molecule has 1 amide bonds. The topological polar surface area (TPSA) is 66.6 Å². The van der Waals surface area contributed by atoms with Crippen LogP contribution in [0.4, 0.5) is 0 Å². The number of nitrogens with two attached hydrogens (primary N) is 1. The van der Waals surface area contributed by atoms with Crippen LogP contribution in [-0.2, 0) is 4.79 Å². The Morgan fingerprint density at radius 2 is 2.20 bits per heavy atom. The van der Waals surface area contributed by atoms with Gasteiger partial charge in [-0.25, -0.2) is 0 Å². The third-order valence-electron chi connectivity index (χ3n) is 3.99. The van der Waals surface area contributed by atoms with Crippen molar-refractivity contribution in [1.29, 1.82) is 0 Å². The highest BCUT2D eigenvalue weighted by Gasteiger charge is 2.45. The highest BCUT2D eigenvalue weighted by molar-refractivity contribution is 5.78. The summed E-state index contributed by atoms with van der Waals surface area (Å²) in [5.74, 6) is 0.0215. The van der Waals surface area contributed by atoms with E-state index in [0.717, 1.165) is 38.6 Å². The number of hydrogen-bond acceptors (Lipinski definition) is 3. The number of likely N-dealkylation sites (tertiary alicyclic amines) is 1. The lowest BCUT2D eigenvalue weighted by molar-refractivity contribution is -0.135. The Morgan fingerprint density at radius 3 is 2.80 bits per heavy atom. The summed E-state index contributed by atoms with van der Waals surface area (Å²) >= 11 is 0. The van der Waals surface area contributed by atoms with Gasteiger partial charge in [-0.15, -0.1) is 0 Å². The van der Waals surface area contributed by atoms with Gasteiger partial charge in [0.2, 0.25) is 5.91 Å². The molecule has 4 heteroatoms. The summed E-state index contributed by atoms with van der Waals surface area (Å²) in [6, 6.07) is 0. The van der Waals surface area contributed by atoms with Crippen molar-refractivity contribution in [2.24, 2.45) is 11.1 Å². The van der Waals surface area contributed by atoms with Crippen LogP contribution in [0.5, 0.6) is 0 Å². The summed E-state index contributed by atoms with van der Waals surface area (Å²) in [4.78, 5) is 13.4. The molecule has 0 aromatic rings. The first-order valence-electron chi connectivity index (χ1n) is 5.84. The zero-order valence-corrected chi connectivity index (χ0v) is 9.11. The van der Waals surface area contributed by atoms with Crippen molar-refractivity contribution < 1.29 is 9.90 Å². The maximum absolute atomic E-state index is 11.5. The number of piperidine rings is 1.